The average molecular weight is 311 g/mol. The van der Waals surface area contributed by atoms with E-state index in [0.29, 0.717) is 0 Å². The lowest BCUT2D eigenvalue weighted by molar-refractivity contribution is -0.102. The first-order valence-electron chi connectivity index (χ1n) is 5.96. The molecule has 3 N–H and O–H groups in total. The number of para-hydroxylation sites is 1. The summed E-state index contributed by atoms with van der Waals surface area (Å²) in [5.74, 6) is -2.85. The maximum absolute atomic E-state index is 13.0. The fourth-order valence-electron chi connectivity index (χ4n) is 1.95. The van der Waals surface area contributed by atoms with Crippen LogP contribution in [-0.4, -0.2) is 19.8 Å². The zero-order chi connectivity index (χ0) is 15.7. The molecule has 0 saturated carbocycles. The second-order valence-corrected chi connectivity index (χ2v) is 6.10. The smallest absolute Gasteiger partial charge is 0.267 e. The maximum Gasteiger partial charge on any atom is 0.267 e. The van der Waals surface area contributed by atoms with Crippen LogP contribution in [0.3, 0.4) is 0 Å². The van der Waals surface area contributed by atoms with Crippen molar-refractivity contribution in [1.82, 2.24) is 0 Å². The largest absolute Gasteiger partial charge is 0.398 e. The second-order valence-electron chi connectivity index (χ2n) is 4.53. The maximum atomic E-state index is 13.0. The molecule has 2 rings (SSSR count). The highest BCUT2D eigenvalue weighted by molar-refractivity contribution is 7.86. The van der Waals surface area contributed by atoms with Crippen molar-refractivity contribution in [1.29, 1.82) is 0 Å². The number of nitrogen functional groups attached to an aromatic ring is 1. The molecule has 7 heteroatoms. The first kappa shape index (κ1) is 15.4. The Morgan fingerprint density at radius 2 is 1.71 bits per heavy atom. The van der Waals surface area contributed by atoms with E-state index in [9.17, 15) is 17.9 Å². The van der Waals surface area contributed by atoms with Crippen molar-refractivity contribution in [2.45, 2.75) is 5.79 Å². The van der Waals surface area contributed by atoms with Crippen LogP contribution >= 0.6 is 0 Å². The quantitative estimate of drug-likeness (QED) is 0.508. The molecule has 0 unspecified atom stereocenters. The topological polar surface area (TPSA) is 89.6 Å². The van der Waals surface area contributed by atoms with Crippen molar-refractivity contribution < 1.29 is 22.1 Å². The summed E-state index contributed by atoms with van der Waals surface area (Å²) >= 11 is 0. The standard InChI is InChI=1S/C14H14FNO4S/c1-21(18,19)20-14(17,10-6-8-11(15)9-7-10)12-4-2-3-5-13(12)16/h2-9,17H,16H2,1H3/t14-/m1/s1. The molecule has 0 spiro atoms. The van der Waals surface area contributed by atoms with Gasteiger partial charge in [-0.2, -0.15) is 8.42 Å². The van der Waals surface area contributed by atoms with Gasteiger partial charge in [-0.3, -0.25) is 0 Å². The summed E-state index contributed by atoms with van der Waals surface area (Å²) in [4.78, 5) is 0. The van der Waals surface area contributed by atoms with Gasteiger partial charge in [0.15, 0.2) is 0 Å². The molecular formula is C14H14FNO4S. The molecule has 0 aromatic heterocycles. The van der Waals surface area contributed by atoms with E-state index in [-0.39, 0.29) is 16.8 Å². The molecule has 5 nitrogen and oxygen atoms in total. The van der Waals surface area contributed by atoms with E-state index in [1.165, 1.54) is 24.3 Å². The third-order valence-electron chi connectivity index (χ3n) is 2.83. The van der Waals surface area contributed by atoms with Crippen LogP contribution in [0.4, 0.5) is 10.1 Å². The lowest BCUT2D eigenvalue weighted by Gasteiger charge is -2.28. The molecule has 21 heavy (non-hydrogen) atoms. The Labute approximate surface area is 121 Å². The van der Waals surface area contributed by atoms with Gasteiger partial charge >= 0.3 is 0 Å². The SMILES string of the molecule is CS(=O)(=O)O[C@](O)(c1ccc(F)cc1)c1ccccc1N. The van der Waals surface area contributed by atoms with Crippen LogP contribution in [0.25, 0.3) is 0 Å². The molecule has 0 saturated heterocycles. The molecule has 0 aliphatic carbocycles. The Kier molecular flexibility index (Phi) is 3.99. The van der Waals surface area contributed by atoms with Gasteiger partial charge < -0.3 is 10.8 Å². The van der Waals surface area contributed by atoms with Crippen LogP contribution in [0.1, 0.15) is 11.1 Å². The number of hydrogen-bond donors (Lipinski definition) is 2. The lowest BCUT2D eigenvalue weighted by Crippen LogP contribution is -2.34. The van der Waals surface area contributed by atoms with Crippen LogP contribution in [0.15, 0.2) is 48.5 Å². The Bertz CT molecular complexity index is 746. The van der Waals surface area contributed by atoms with Gasteiger partial charge in [-0.25, -0.2) is 8.57 Å². The molecule has 112 valence electrons. The van der Waals surface area contributed by atoms with Gasteiger partial charge in [0.25, 0.3) is 10.1 Å². The van der Waals surface area contributed by atoms with E-state index < -0.39 is 21.7 Å². The molecule has 0 bridgehead atoms. The van der Waals surface area contributed by atoms with Gasteiger partial charge in [-0.05, 0) is 18.2 Å². The van der Waals surface area contributed by atoms with E-state index in [2.05, 4.69) is 0 Å². The second kappa shape index (κ2) is 5.44. The first-order chi connectivity index (χ1) is 9.72. The van der Waals surface area contributed by atoms with Gasteiger partial charge in [0, 0.05) is 16.8 Å². The zero-order valence-corrected chi connectivity index (χ0v) is 12.0. The number of anilines is 1. The minimum absolute atomic E-state index is 0.0484. The van der Waals surface area contributed by atoms with Gasteiger partial charge in [0.2, 0.25) is 5.79 Å². The molecule has 2 aromatic carbocycles. The summed E-state index contributed by atoms with van der Waals surface area (Å²) < 4.78 is 40.8. The Morgan fingerprint density at radius 1 is 1.14 bits per heavy atom. The van der Waals surface area contributed by atoms with E-state index >= 15 is 0 Å². The van der Waals surface area contributed by atoms with Crippen molar-refractivity contribution >= 4 is 15.8 Å². The van der Waals surface area contributed by atoms with E-state index in [1.807, 2.05) is 0 Å². The minimum Gasteiger partial charge on any atom is -0.398 e. The molecular weight excluding hydrogens is 297 g/mol. The molecule has 0 aliphatic heterocycles. The van der Waals surface area contributed by atoms with Crippen molar-refractivity contribution in [3.05, 3.63) is 65.5 Å². The van der Waals surface area contributed by atoms with Gasteiger partial charge in [-0.1, -0.05) is 30.3 Å². The van der Waals surface area contributed by atoms with Gasteiger partial charge in [0.1, 0.15) is 5.82 Å². The lowest BCUT2D eigenvalue weighted by atomic mass is 9.96. The highest BCUT2D eigenvalue weighted by Gasteiger charge is 2.38. The summed E-state index contributed by atoms with van der Waals surface area (Å²) in [7, 11) is -4.00. The molecule has 0 radical (unpaired) electrons. The number of halogens is 1. The minimum atomic E-state index is -4.00. The van der Waals surface area contributed by atoms with Gasteiger partial charge in [-0.15, -0.1) is 0 Å². The number of rotatable bonds is 4. The molecule has 2 aromatic rings. The van der Waals surface area contributed by atoms with Crippen LogP contribution < -0.4 is 5.73 Å². The molecule has 0 heterocycles. The number of nitrogens with two attached hydrogens (primary N) is 1. The summed E-state index contributed by atoms with van der Waals surface area (Å²) in [5, 5.41) is 10.8. The number of hydrogen-bond acceptors (Lipinski definition) is 5. The predicted molar refractivity (Wildman–Crippen MR) is 76.2 cm³/mol. The third kappa shape index (κ3) is 3.38. The van der Waals surface area contributed by atoms with Crippen LogP contribution in [0.5, 0.6) is 0 Å². The fourth-order valence-corrected chi connectivity index (χ4v) is 2.57. The highest BCUT2D eigenvalue weighted by atomic mass is 32.2. The predicted octanol–water partition coefficient (Wildman–Crippen LogP) is 1.58. The van der Waals surface area contributed by atoms with E-state index in [0.717, 1.165) is 18.4 Å². The van der Waals surface area contributed by atoms with Gasteiger partial charge in [0.05, 0.1) is 6.26 Å². The molecule has 1 atom stereocenters. The normalized spacial score (nSPS) is 14.6. The molecule has 0 aliphatic rings. The fraction of sp³-hybridized carbons (Fsp3) is 0.143. The zero-order valence-electron chi connectivity index (χ0n) is 11.2. The first-order valence-corrected chi connectivity index (χ1v) is 7.78. The van der Waals surface area contributed by atoms with E-state index in [1.54, 1.807) is 12.1 Å². The highest BCUT2D eigenvalue weighted by Crippen LogP contribution is 2.35. The summed E-state index contributed by atoms with van der Waals surface area (Å²) in [6.45, 7) is 0. The Balaban J connectivity index is 2.65. The van der Waals surface area contributed by atoms with Crippen LogP contribution in [0, 0.1) is 5.82 Å². The van der Waals surface area contributed by atoms with Crippen molar-refractivity contribution in [2.24, 2.45) is 0 Å². The Hall–Kier alpha value is -1.96. The van der Waals surface area contributed by atoms with Crippen molar-refractivity contribution in [3.8, 4) is 0 Å². The number of benzene rings is 2. The average Bonchev–Trinajstić information content (AvgIpc) is 2.37. The van der Waals surface area contributed by atoms with Crippen LogP contribution in [-0.2, 0) is 20.1 Å². The summed E-state index contributed by atoms with van der Waals surface area (Å²) in [6, 6.07) is 10.8. The monoisotopic (exact) mass is 311 g/mol. The summed E-state index contributed by atoms with van der Waals surface area (Å²) in [6.07, 6.45) is 0.806. The van der Waals surface area contributed by atoms with Crippen molar-refractivity contribution in [2.75, 3.05) is 12.0 Å². The molecule has 0 fully saturated rings. The van der Waals surface area contributed by atoms with Crippen molar-refractivity contribution in [3.63, 3.8) is 0 Å². The van der Waals surface area contributed by atoms with E-state index in [4.69, 9.17) is 9.92 Å². The summed E-state index contributed by atoms with van der Waals surface area (Å²) in [5.41, 5.74) is 6.04. The third-order valence-corrected chi connectivity index (χ3v) is 3.38. The van der Waals surface area contributed by atoms with Crippen LogP contribution in [0.2, 0.25) is 0 Å². The molecule has 0 amide bonds. The Morgan fingerprint density at radius 3 is 2.24 bits per heavy atom. The number of aliphatic hydroxyl groups is 1.